The third kappa shape index (κ3) is 10.2. The molecule has 13 nitrogen and oxygen atoms in total. The summed E-state index contributed by atoms with van der Waals surface area (Å²) < 4.78 is 5.11. The summed E-state index contributed by atoms with van der Waals surface area (Å²) in [6.45, 7) is 3.42. The van der Waals surface area contributed by atoms with Gasteiger partial charge in [-0.15, -0.1) is 0 Å². The first-order valence-corrected chi connectivity index (χ1v) is 9.81. The van der Waals surface area contributed by atoms with Crippen LogP contribution in [0.4, 0.5) is 4.79 Å². The molecule has 0 spiro atoms. The number of rotatable bonds is 12. The molecule has 0 fully saturated rings. The Balaban J connectivity index is 2.59. The van der Waals surface area contributed by atoms with Crippen molar-refractivity contribution in [3.05, 3.63) is 46.0 Å². The molecule has 0 saturated heterocycles. The fraction of sp³-hybridized carbons (Fsp3) is 0.474. The van der Waals surface area contributed by atoms with E-state index < -0.39 is 41.0 Å². The highest BCUT2D eigenvalue weighted by molar-refractivity contribution is 5.89. The van der Waals surface area contributed by atoms with E-state index in [2.05, 4.69) is 15.6 Å². The molecule has 0 aromatic heterocycles. The molecule has 0 heterocycles. The molecule has 1 aromatic carbocycles. The first-order chi connectivity index (χ1) is 15.1. The second-order valence-electron chi connectivity index (χ2n) is 7.11. The van der Waals surface area contributed by atoms with Crippen molar-refractivity contribution in [2.45, 2.75) is 45.4 Å². The number of nitrogens with one attached hydrogen (secondary N) is 3. The first-order valence-electron chi connectivity index (χ1n) is 9.81. The zero-order valence-corrected chi connectivity index (χ0v) is 17.8. The number of amides is 2. The number of nitrogens with zero attached hydrogens (tertiary/aromatic N) is 2. The number of guanidine groups is 1. The maximum atomic E-state index is 12.6. The van der Waals surface area contributed by atoms with Crippen LogP contribution in [0.3, 0.4) is 0 Å². The van der Waals surface area contributed by atoms with Crippen LogP contribution in [0.5, 0.6) is 0 Å². The van der Waals surface area contributed by atoms with E-state index in [-0.39, 0.29) is 31.9 Å². The standard InChI is InChI=1S/C19H28N6O7/c1-12(2)15(23-19(29)32-11-13-7-4-3-5-8-13)16(26)22-14(17(27)28)9-6-10-21-18(20)24-25(30)31/h3-5,7-8,12,14-15H,6,9-11H2,1-2H3,(H,22,26)(H,23,29)(H,27,28)(H3,20,21,24)/t14-,15+/m1/s1. The van der Waals surface area contributed by atoms with Crippen LogP contribution < -0.4 is 21.8 Å². The first kappa shape index (κ1) is 26.1. The summed E-state index contributed by atoms with van der Waals surface area (Å²) in [5, 5.41) is 23.6. The fourth-order valence-corrected chi connectivity index (χ4v) is 2.57. The number of hydrogen-bond acceptors (Lipinski definition) is 7. The molecule has 0 bridgehead atoms. The number of carbonyl (C=O) groups is 3. The maximum absolute atomic E-state index is 12.6. The summed E-state index contributed by atoms with van der Waals surface area (Å²) in [5.74, 6) is -2.70. The molecule has 0 aliphatic rings. The van der Waals surface area contributed by atoms with E-state index in [1.807, 2.05) is 6.07 Å². The number of aliphatic carboxylic acids is 1. The average molecular weight is 452 g/mol. The lowest BCUT2D eigenvalue weighted by Crippen LogP contribution is -2.53. The number of nitro groups is 1. The number of alkyl carbamates (subject to hydrolysis) is 1. The van der Waals surface area contributed by atoms with Crippen molar-refractivity contribution in [2.75, 3.05) is 6.54 Å². The Kier molecular flexibility index (Phi) is 11.0. The normalized spacial score (nSPS) is 13.0. The van der Waals surface area contributed by atoms with E-state index in [1.54, 1.807) is 43.5 Å². The molecular formula is C19H28N6O7. The average Bonchev–Trinajstić information content (AvgIpc) is 2.72. The number of carbonyl (C=O) groups excluding carboxylic acids is 2. The Morgan fingerprint density at radius 1 is 1.22 bits per heavy atom. The van der Waals surface area contributed by atoms with Crippen LogP contribution in [0.2, 0.25) is 0 Å². The second-order valence-corrected chi connectivity index (χ2v) is 7.11. The smallest absolute Gasteiger partial charge is 0.408 e. The summed E-state index contributed by atoms with van der Waals surface area (Å²) in [6, 6.07) is 6.72. The van der Waals surface area contributed by atoms with Gasteiger partial charge in [0.1, 0.15) is 18.7 Å². The summed E-state index contributed by atoms with van der Waals surface area (Å²) >= 11 is 0. The molecule has 2 amide bonds. The topological polar surface area (TPSA) is 198 Å². The molecule has 0 aliphatic heterocycles. The third-order valence-electron chi connectivity index (χ3n) is 4.19. The van der Waals surface area contributed by atoms with E-state index in [0.29, 0.717) is 0 Å². The van der Waals surface area contributed by atoms with Crippen molar-refractivity contribution >= 4 is 23.9 Å². The van der Waals surface area contributed by atoms with Crippen molar-refractivity contribution in [1.82, 2.24) is 16.1 Å². The van der Waals surface area contributed by atoms with Gasteiger partial charge in [-0.3, -0.25) is 4.79 Å². The lowest BCUT2D eigenvalue weighted by Gasteiger charge is -2.23. The lowest BCUT2D eigenvalue weighted by atomic mass is 10.0. The van der Waals surface area contributed by atoms with Gasteiger partial charge in [-0.2, -0.15) is 0 Å². The van der Waals surface area contributed by atoms with Gasteiger partial charge in [0, 0.05) is 6.54 Å². The van der Waals surface area contributed by atoms with Gasteiger partial charge in [-0.05, 0) is 24.3 Å². The second kappa shape index (κ2) is 13.4. The number of hydrogen-bond donors (Lipinski definition) is 5. The van der Waals surface area contributed by atoms with Gasteiger partial charge in [0.05, 0.1) is 0 Å². The van der Waals surface area contributed by atoms with E-state index in [9.17, 15) is 29.6 Å². The van der Waals surface area contributed by atoms with Gasteiger partial charge in [-0.25, -0.2) is 24.7 Å². The molecule has 1 rings (SSSR count). The molecule has 2 atom stereocenters. The molecule has 0 saturated carbocycles. The SMILES string of the molecule is CC(C)[C@H](NC(=O)OCc1ccccc1)C(=O)N[C@H](CCCN=C(N)N[N+](=O)[O-])C(=O)O. The van der Waals surface area contributed by atoms with E-state index >= 15 is 0 Å². The van der Waals surface area contributed by atoms with Crippen LogP contribution in [0.25, 0.3) is 0 Å². The van der Waals surface area contributed by atoms with Gasteiger partial charge in [0.2, 0.25) is 5.91 Å². The van der Waals surface area contributed by atoms with Crippen LogP contribution in [0.15, 0.2) is 35.3 Å². The van der Waals surface area contributed by atoms with Crippen LogP contribution in [0, 0.1) is 16.0 Å². The monoisotopic (exact) mass is 452 g/mol. The molecule has 13 heteroatoms. The third-order valence-corrected chi connectivity index (χ3v) is 4.19. The van der Waals surface area contributed by atoms with Crippen molar-refractivity contribution in [1.29, 1.82) is 0 Å². The molecule has 176 valence electrons. The number of ether oxygens (including phenoxy) is 1. The minimum Gasteiger partial charge on any atom is -0.480 e. The Morgan fingerprint density at radius 2 is 1.88 bits per heavy atom. The Hall–Kier alpha value is -3.90. The van der Waals surface area contributed by atoms with Gasteiger partial charge in [0.25, 0.3) is 5.96 Å². The lowest BCUT2D eigenvalue weighted by molar-refractivity contribution is -0.525. The minimum absolute atomic E-state index is 0.000410. The largest absolute Gasteiger partial charge is 0.480 e. The van der Waals surface area contributed by atoms with Crippen LogP contribution in [0.1, 0.15) is 32.3 Å². The molecule has 0 aliphatic carbocycles. The highest BCUT2D eigenvalue weighted by Gasteiger charge is 2.28. The Labute approximate surface area is 184 Å². The number of aliphatic imine (C=N–C) groups is 1. The predicted molar refractivity (Wildman–Crippen MR) is 114 cm³/mol. The highest BCUT2D eigenvalue weighted by atomic mass is 16.7. The van der Waals surface area contributed by atoms with Crippen LogP contribution in [-0.2, 0) is 20.9 Å². The summed E-state index contributed by atoms with van der Waals surface area (Å²) in [6.07, 6.45) is -0.617. The van der Waals surface area contributed by atoms with Gasteiger partial charge in [-0.1, -0.05) is 49.6 Å². The van der Waals surface area contributed by atoms with Crippen molar-refractivity contribution in [3.63, 3.8) is 0 Å². The van der Waals surface area contributed by atoms with E-state index in [0.717, 1.165) is 5.56 Å². The van der Waals surface area contributed by atoms with Crippen LogP contribution in [-0.4, -0.2) is 52.7 Å². The molecule has 0 radical (unpaired) electrons. The summed E-state index contributed by atoms with van der Waals surface area (Å²) in [5.41, 5.74) is 7.71. The molecule has 6 N–H and O–H groups in total. The molecule has 1 aromatic rings. The molecule has 32 heavy (non-hydrogen) atoms. The predicted octanol–water partition coefficient (Wildman–Crippen LogP) is 0.383. The maximum Gasteiger partial charge on any atom is 0.408 e. The number of nitrogens with two attached hydrogens (primary N) is 1. The highest BCUT2D eigenvalue weighted by Crippen LogP contribution is 2.07. The van der Waals surface area contributed by atoms with E-state index in [1.165, 1.54) is 0 Å². The van der Waals surface area contributed by atoms with Gasteiger partial charge < -0.3 is 26.2 Å². The summed E-state index contributed by atoms with van der Waals surface area (Å²) in [4.78, 5) is 50.1. The zero-order chi connectivity index (χ0) is 24.1. The van der Waals surface area contributed by atoms with Gasteiger partial charge in [0.15, 0.2) is 5.03 Å². The molecular weight excluding hydrogens is 424 g/mol. The van der Waals surface area contributed by atoms with Crippen molar-refractivity contribution in [2.24, 2.45) is 16.6 Å². The Bertz CT molecular complexity index is 816. The van der Waals surface area contributed by atoms with Crippen LogP contribution >= 0.6 is 0 Å². The fourth-order valence-electron chi connectivity index (χ4n) is 2.57. The minimum atomic E-state index is -1.27. The quantitative estimate of drug-likeness (QED) is 0.0978. The van der Waals surface area contributed by atoms with Crippen molar-refractivity contribution < 1.29 is 29.3 Å². The van der Waals surface area contributed by atoms with E-state index in [4.69, 9.17) is 10.5 Å². The summed E-state index contributed by atoms with van der Waals surface area (Å²) in [7, 11) is 0. The number of carboxylic acids is 1. The van der Waals surface area contributed by atoms with Crippen molar-refractivity contribution in [3.8, 4) is 0 Å². The number of carboxylic acid groups (broad SMARTS) is 1. The number of hydrazine groups is 1. The van der Waals surface area contributed by atoms with Gasteiger partial charge >= 0.3 is 12.1 Å². The zero-order valence-electron chi connectivity index (χ0n) is 17.8. The Morgan fingerprint density at radius 3 is 2.44 bits per heavy atom. The number of benzene rings is 1. The molecule has 0 unspecified atom stereocenters.